The number of aromatic nitrogens is 2. The highest BCUT2D eigenvalue weighted by Crippen LogP contribution is 2.35. The monoisotopic (exact) mass is 288 g/mol. The van der Waals surface area contributed by atoms with E-state index in [4.69, 9.17) is 9.47 Å². The molecule has 21 heavy (non-hydrogen) atoms. The first kappa shape index (κ1) is 13.5. The molecule has 1 aromatic heterocycles. The van der Waals surface area contributed by atoms with Crippen LogP contribution in [0.2, 0.25) is 0 Å². The van der Waals surface area contributed by atoms with Gasteiger partial charge in [0.25, 0.3) is 0 Å². The van der Waals surface area contributed by atoms with Crippen molar-refractivity contribution in [2.24, 2.45) is 0 Å². The molecule has 0 amide bonds. The summed E-state index contributed by atoms with van der Waals surface area (Å²) in [5.41, 5.74) is 2.35. The fourth-order valence-electron chi connectivity index (χ4n) is 2.65. The Morgan fingerprint density at radius 3 is 2.52 bits per heavy atom. The van der Waals surface area contributed by atoms with Gasteiger partial charge in [-0.25, -0.2) is 4.98 Å². The van der Waals surface area contributed by atoms with Crippen molar-refractivity contribution in [2.75, 3.05) is 14.2 Å². The Morgan fingerprint density at radius 2 is 1.95 bits per heavy atom. The number of ether oxygens (including phenoxy) is 2. The average molecular weight is 288 g/mol. The van der Waals surface area contributed by atoms with Crippen molar-refractivity contribution < 1.29 is 19.4 Å². The predicted octanol–water partition coefficient (Wildman–Crippen LogP) is 2.21. The molecule has 110 valence electrons. The Kier molecular flexibility index (Phi) is 3.29. The van der Waals surface area contributed by atoms with Crippen LogP contribution in [0, 0.1) is 0 Å². The van der Waals surface area contributed by atoms with Gasteiger partial charge in [0.15, 0.2) is 0 Å². The van der Waals surface area contributed by atoms with Gasteiger partial charge in [0.05, 0.1) is 19.9 Å². The number of imidazole rings is 1. The van der Waals surface area contributed by atoms with Gasteiger partial charge < -0.3 is 19.6 Å². The van der Waals surface area contributed by atoms with Gasteiger partial charge in [-0.1, -0.05) is 0 Å². The zero-order valence-corrected chi connectivity index (χ0v) is 11.8. The number of methoxy groups -OCH3 is 2. The number of hydrogen-bond donors (Lipinski definition) is 2. The lowest BCUT2D eigenvalue weighted by molar-refractivity contribution is -0.138. The van der Waals surface area contributed by atoms with Crippen molar-refractivity contribution in [1.29, 1.82) is 0 Å². The van der Waals surface area contributed by atoms with Crippen molar-refractivity contribution in [3.63, 3.8) is 0 Å². The number of aromatic amines is 1. The first-order chi connectivity index (χ1) is 10.1. The van der Waals surface area contributed by atoms with Crippen molar-refractivity contribution in [1.82, 2.24) is 9.97 Å². The quantitative estimate of drug-likeness (QED) is 0.901. The summed E-state index contributed by atoms with van der Waals surface area (Å²) < 4.78 is 10.5. The summed E-state index contributed by atoms with van der Waals surface area (Å²) in [6, 6.07) is 5.46. The van der Waals surface area contributed by atoms with E-state index in [1.807, 2.05) is 12.1 Å². The first-order valence-corrected chi connectivity index (χ1v) is 6.67. The molecule has 0 saturated heterocycles. The third-order valence-electron chi connectivity index (χ3n) is 3.75. The maximum atomic E-state index is 11.2. The van der Waals surface area contributed by atoms with E-state index in [1.54, 1.807) is 20.3 Å². The molecule has 0 radical (unpaired) electrons. The van der Waals surface area contributed by atoms with Crippen LogP contribution in [-0.4, -0.2) is 35.3 Å². The van der Waals surface area contributed by atoms with Crippen LogP contribution < -0.4 is 9.47 Å². The largest absolute Gasteiger partial charge is 0.497 e. The van der Waals surface area contributed by atoms with Gasteiger partial charge in [-0.15, -0.1) is 0 Å². The molecule has 0 spiro atoms. The highest BCUT2D eigenvalue weighted by molar-refractivity contribution is 5.77. The summed E-state index contributed by atoms with van der Waals surface area (Å²) in [6.07, 6.45) is 1.31. The number of carboxylic acid groups (broad SMARTS) is 1. The molecule has 2 N–H and O–H groups in total. The van der Waals surface area contributed by atoms with E-state index < -0.39 is 11.9 Å². The molecule has 1 aliphatic rings. The molecule has 0 bridgehead atoms. The minimum atomic E-state index is -0.824. The number of hydrogen-bond acceptors (Lipinski definition) is 4. The Hall–Kier alpha value is -2.50. The lowest BCUT2D eigenvalue weighted by Crippen LogP contribution is -2.08. The molecule has 1 aliphatic carbocycles. The molecule has 6 heteroatoms. The highest BCUT2D eigenvalue weighted by Gasteiger charge is 2.32. The molecule has 1 unspecified atom stereocenters. The number of carbonyl (C=O) groups is 1. The molecule has 0 saturated carbocycles. The zero-order chi connectivity index (χ0) is 15.0. The van der Waals surface area contributed by atoms with E-state index in [9.17, 15) is 9.90 Å². The summed E-state index contributed by atoms with van der Waals surface area (Å²) >= 11 is 0. The minimum absolute atomic E-state index is 0.516. The van der Waals surface area contributed by atoms with Crippen LogP contribution in [0.25, 0.3) is 11.4 Å². The number of benzene rings is 1. The third kappa shape index (κ3) is 2.33. The molecule has 1 heterocycles. The van der Waals surface area contributed by atoms with Gasteiger partial charge in [0, 0.05) is 17.3 Å². The Bertz CT molecular complexity index is 671. The second-order valence-corrected chi connectivity index (χ2v) is 4.98. The molecule has 2 aromatic rings. The fraction of sp³-hybridized carbons (Fsp3) is 0.333. The van der Waals surface area contributed by atoms with Crippen LogP contribution >= 0.6 is 0 Å². The van der Waals surface area contributed by atoms with Gasteiger partial charge in [-0.2, -0.15) is 0 Å². The molecule has 3 rings (SSSR count). The van der Waals surface area contributed by atoms with Crippen molar-refractivity contribution in [2.45, 2.75) is 18.8 Å². The number of rotatable bonds is 4. The van der Waals surface area contributed by atoms with E-state index >= 15 is 0 Å². The lowest BCUT2D eigenvalue weighted by atomic mass is 10.1. The molecular weight excluding hydrogens is 272 g/mol. The third-order valence-corrected chi connectivity index (χ3v) is 3.75. The van der Waals surface area contributed by atoms with E-state index in [1.165, 1.54) is 0 Å². The van der Waals surface area contributed by atoms with Gasteiger partial charge >= 0.3 is 5.97 Å². The standard InChI is InChI=1S/C15H16N2O4/c1-20-9-5-8(6-10(7-9)21-2)14-16-12-4-3-11(15(18)19)13(12)17-14/h5-7,11H,3-4H2,1-2H3,(H,16,17)(H,18,19). The van der Waals surface area contributed by atoms with Crippen molar-refractivity contribution in [3.8, 4) is 22.9 Å². The predicted molar refractivity (Wildman–Crippen MR) is 75.8 cm³/mol. The number of aryl methyl sites for hydroxylation is 1. The summed E-state index contributed by atoms with van der Waals surface area (Å²) in [5.74, 6) is 0.627. The topological polar surface area (TPSA) is 84.4 Å². The Morgan fingerprint density at radius 1 is 1.29 bits per heavy atom. The normalized spacial score (nSPS) is 16.6. The molecule has 1 atom stereocenters. The summed E-state index contributed by atoms with van der Waals surface area (Å²) in [4.78, 5) is 18.9. The number of aliphatic carboxylic acids is 1. The lowest BCUT2D eigenvalue weighted by Gasteiger charge is -2.07. The van der Waals surface area contributed by atoms with E-state index in [2.05, 4.69) is 9.97 Å². The van der Waals surface area contributed by atoms with Crippen molar-refractivity contribution in [3.05, 3.63) is 29.6 Å². The summed E-state index contributed by atoms with van der Waals surface area (Å²) in [7, 11) is 3.17. The smallest absolute Gasteiger partial charge is 0.312 e. The van der Waals surface area contributed by atoms with Gasteiger partial charge in [0.1, 0.15) is 23.2 Å². The molecule has 0 aliphatic heterocycles. The van der Waals surface area contributed by atoms with Gasteiger partial charge in [-0.05, 0) is 25.0 Å². The molecular formula is C15H16N2O4. The Labute approximate surface area is 121 Å². The number of nitrogens with zero attached hydrogens (tertiary/aromatic N) is 1. The number of H-pyrrole nitrogens is 1. The van der Waals surface area contributed by atoms with E-state index in [0.29, 0.717) is 35.9 Å². The average Bonchev–Trinajstić information content (AvgIpc) is 3.06. The van der Waals surface area contributed by atoms with Crippen LogP contribution in [0.3, 0.4) is 0 Å². The SMILES string of the molecule is COc1cc(OC)cc(-c2nc3c([nH]2)CCC3C(=O)O)c1. The van der Waals surface area contributed by atoms with Crippen LogP contribution in [0.15, 0.2) is 18.2 Å². The van der Waals surface area contributed by atoms with E-state index in [-0.39, 0.29) is 0 Å². The maximum Gasteiger partial charge on any atom is 0.312 e. The second-order valence-electron chi connectivity index (χ2n) is 4.98. The second kappa shape index (κ2) is 5.12. The number of nitrogens with one attached hydrogen (secondary N) is 1. The van der Waals surface area contributed by atoms with Crippen LogP contribution in [0.1, 0.15) is 23.7 Å². The van der Waals surface area contributed by atoms with E-state index in [0.717, 1.165) is 11.3 Å². The van der Waals surface area contributed by atoms with Gasteiger partial charge in [0.2, 0.25) is 0 Å². The minimum Gasteiger partial charge on any atom is -0.497 e. The van der Waals surface area contributed by atoms with Crippen LogP contribution in [0.5, 0.6) is 11.5 Å². The maximum absolute atomic E-state index is 11.2. The molecule has 0 fully saturated rings. The van der Waals surface area contributed by atoms with Crippen LogP contribution in [0.4, 0.5) is 0 Å². The Balaban J connectivity index is 2.02. The summed E-state index contributed by atoms with van der Waals surface area (Å²) in [6.45, 7) is 0. The number of fused-ring (bicyclic) bond motifs is 1. The van der Waals surface area contributed by atoms with Gasteiger partial charge in [-0.3, -0.25) is 4.79 Å². The van der Waals surface area contributed by atoms with Crippen molar-refractivity contribution >= 4 is 5.97 Å². The number of carboxylic acids is 1. The fourth-order valence-corrected chi connectivity index (χ4v) is 2.65. The molecule has 1 aromatic carbocycles. The highest BCUT2D eigenvalue weighted by atomic mass is 16.5. The van der Waals surface area contributed by atoms with Crippen LogP contribution in [-0.2, 0) is 11.2 Å². The summed E-state index contributed by atoms with van der Waals surface area (Å²) in [5, 5.41) is 9.21. The molecule has 6 nitrogen and oxygen atoms in total. The first-order valence-electron chi connectivity index (χ1n) is 6.67. The zero-order valence-electron chi connectivity index (χ0n) is 11.8.